The lowest BCUT2D eigenvalue weighted by molar-refractivity contribution is -0.384. The van der Waals surface area contributed by atoms with Gasteiger partial charge in [0, 0.05) is 23.8 Å². The first-order chi connectivity index (χ1) is 10.1. The number of nitro benzene ring substituents is 1. The normalized spacial score (nSPS) is 10.5. The summed E-state index contributed by atoms with van der Waals surface area (Å²) in [5.74, 6) is 0.594. The van der Waals surface area contributed by atoms with Gasteiger partial charge in [-0.1, -0.05) is 0 Å². The third-order valence-corrected chi connectivity index (χ3v) is 2.71. The summed E-state index contributed by atoms with van der Waals surface area (Å²) < 4.78 is 4.98. The predicted molar refractivity (Wildman–Crippen MR) is 79.0 cm³/mol. The van der Waals surface area contributed by atoms with Gasteiger partial charge in [-0.3, -0.25) is 15.5 Å². The Kier molecular flexibility index (Phi) is 4.35. The standard InChI is InChI=1S/C14H13N3O4/c1-21-13-7-2-10(14(18)8-13)9-15-16-11-3-5-12(6-4-11)17(19)20/h2-9,16,18H,1H3/b15-9+. The largest absolute Gasteiger partial charge is 0.507 e. The van der Waals surface area contributed by atoms with Crippen LogP contribution < -0.4 is 10.2 Å². The van der Waals surface area contributed by atoms with E-state index in [9.17, 15) is 15.2 Å². The molecule has 7 nitrogen and oxygen atoms in total. The van der Waals surface area contributed by atoms with Gasteiger partial charge < -0.3 is 9.84 Å². The number of nitro groups is 1. The van der Waals surface area contributed by atoms with E-state index in [1.807, 2.05) is 0 Å². The van der Waals surface area contributed by atoms with Gasteiger partial charge in [0.25, 0.3) is 5.69 Å². The van der Waals surface area contributed by atoms with E-state index < -0.39 is 4.92 Å². The maximum atomic E-state index is 10.5. The number of aromatic hydroxyl groups is 1. The van der Waals surface area contributed by atoms with E-state index in [1.54, 1.807) is 24.3 Å². The van der Waals surface area contributed by atoms with Crippen LogP contribution in [0.4, 0.5) is 11.4 Å². The molecule has 0 aromatic heterocycles. The number of phenolic OH excluding ortho intramolecular Hbond substituents is 1. The number of rotatable bonds is 5. The molecule has 0 aliphatic heterocycles. The van der Waals surface area contributed by atoms with E-state index in [2.05, 4.69) is 10.5 Å². The fraction of sp³-hybridized carbons (Fsp3) is 0.0714. The molecule has 7 heteroatoms. The van der Waals surface area contributed by atoms with Crippen molar-refractivity contribution >= 4 is 17.6 Å². The lowest BCUT2D eigenvalue weighted by Gasteiger charge is -2.03. The molecule has 0 fully saturated rings. The molecule has 0 spiro atoms. The quantitative estimate of drug-likeness (QED) is 0.500. The number of nitrogens with zero attached hydrogens (tertiary/aromatic N) is 2. The Bertz CT molecular complexity index is 668. The summed E-state index contributed by atoms with van der Waals surface area (Å²) >= 11 is 0. The molecule has 0 bridgehead atoms. The van der Waals surface area contributed by atoms with Gasteiger partial charge in [0.1, 0.15) is 11.5 Å². The van der Waals surface area contributed by atoms with Crippen LogP contribution in [0.25, 0.3) is 0 Å². The molecule has 2 rings (SSSR count). The van der Waals surface area contributed by atoms with Crippen LogP contribution in [-0.2, 0) is 0 Å². The van der Waals surface area contributed by atoms with E-state index in [-0.39, 0.29) is 11.4 Å². The molecule has 0 aliphatic rings. The van der Waals surface area contributed by atoms with Crippen molar-refractivity contribution in [2.75, 3.05) is 12.5 Å². The van der Waals surface area contributed by atoms with Crippen molar-refractivity contribution in [3.8, 4) is 11.5 Å². The van der Waals surface area contributed by atoms with Crippen LogP contribution in [-0.4, -0.2) is 23.4 Å². The number of hydrogen-bond donors (Lipinski definition) is 2. The number of hydrazone groups is 1. The molecule has 0 aliphatic carbocycles. The molecular weight excluding hydrogens is 274 g/mol. The van der Waals surface area contributed by atoms with Crippen LogP contribution in [0.3, 0.4) is 0 Å². The molecule has 0 heterocycles. The van der Waals surface area contributed by atoms with Crippen molar-refractivity contribution in [2.45, 2.75) is 0 Å². The van der Waals surface area contributed by atoms with Crippen LogP contribution in [0.5, 0.6) is 11.5 Å². The van der Waals surface area contributed by atoms with E-state index in [0.29, 0.717) is 17.0 Å². The van der Waals surface area contributed by atoms with Gasteiger partial charge in [0.05, 0.1) is 23.9 Å². The molecule has 0 amide bonds. The molecule has 0 saturated heterocycles. The van der Waals surface area contributed by atoms with Gasteiger partial charge in [-0.2, -0.15) is 5.10 Å². The fourth-order valence-corrected chi connectivity index (χ4v) is 1.59. The highest BCUT2D eigenvalue weighted by molar-refractivity contribution is 5.84. The van der Waals surface area contributed by atoms with Gasteiger partial charge in [-0.05, 0) is 24.3 Å². The number of phenols is 1. The first kappa shape index (κ1) is 14.3. The topological polar surface area (TPSA) is 97.0 Å². The highest BCUT2D eigenvalue weighted by atomic mass is 16.6. The zero-order valence-corrected chi connectivity index (χ0v) is 11.2. The SMILES string of the molecule is COc1ccc(/C=N/Nc2ccc([N+](=O)[O-])cc2)c(O)c1. The summed E-state index contributed by atoms with van der Waals surface area (Å²) in [6.07, 6.45) is 1.44. The van der Waals surface area contributed by atoms with E-state index in [0.717, 1.165) is 0 Å². The number of methoxy groups -OCH3 is 1. The van der Waals surface area contributed by atoms with Crippen LogP contribution in [0.1, 0.15) is 5.56 Å². The average Bonchev–Trinajstić information content (AvgIpc) is 2.49. The smallest absolute Gasteiger partial charge is 0.269 e. The number of anilines is 1. The number of ether oxygens (including phenoxy) is 1. The molecule has 108 valence electrons. The third kappa shape index (κ3) is 3.69. The maximum Gasteiger partial charge on any atom is 0.269 e. The molecule has 2 aromatic rings. The van der Waals surface area contributed by atoms with E-state index >= 15 is 0 Å². The zero-order chi connectivity index (χ0) is 15.2. The number of nitrogens with one attached hydrogen (secondary N) is 1. The number of hydrogen-bond acceptors (Lipinski definition) is 6. The van der Waals surface area contributed by atoms with Crippen molar-refractivity contribution in [1.29, 1.82) is 0 Å². The summed E-state index contributed by atoms with van der Waals surface area (Å²) in [5, 5.41) is 24.2. The summed E-state index contributed by atoms with van der Waals surface area (Å²) in [6, 6.07) is 10.7. The highest BCUT2D eigenvalue weighted by Crippen LogP contribution is 2.22. The third-order valence-electron chi connectivity index (χ3n) is 2.71. The summed E-state index contributed by atoms with van der Waals surface area (Å²) in [7, 11) is 1.51. The van der Waals surface area contributed by atoms with Crippen LogP contribution in [0.15, 0.2) is 47.6 Å². The minimum absolute atomic E-state index is 0.0114. The minimum atomic E-state index is -0.470. The number of non-ortho nitro benzene ring substituents is 1. The molecule has 21 heavy (non-hydrogen) atoms. The number of benzene rings is 2. The first-order valence-electron chi connectivity index (χ1n) is 6.00. The molecule has 2 N–H and O–H groups in total. The molecule has 0 saturated carbocycles. The Morgan fingerprint density at radius 2 is 2.00 bits per heavy atom. The minimum Gasteiger partial charge on any atom is -0.507 e. The Morgan fingerprint density at radius 1 is 1.29 bits per heavy atom. The van der Waals surface area contributed by atoms with Gasteiger partial charge in [-0.15, -0.1) is 0 Å². The Hall–Kier alpha value is -3.09. The monoisotopic (exact) mass is 287 g/mol. The maximum absolute atomic E-state index is 10.5. The molecule has 0 unspecified atom stereocenters. The van der Waals surface area contributed by atoms with Gasteiger partial charge in [-0.25, -0.2) is 0 Å². The lowest BCUT2D eigenvalue weighted by atomic mass is 10.2. The summed E-state index contributed by atoms with van der Waals surface area (Å²) in [5.41, 5.74) is 3.85. The molecule has 0 atom stereocenters. The fourth-order valence-electron chi connectivity index (χ4n) is 1.59. The van der Waals surface area contributed by atoms with E-state index in [4.69, 9.17) is 4.74 Å². The zero-order valence-electron chi connectivity index (χ0n) is 11.2. The predicted octanol–water partition coefficient (Wildman–Crippen LogP) is 2.76. The Balaban J connectivity index is 2.03. The van der Waals surface area contributed by atoms with Crippen LogP contribution in [0.2, 0.25) is 0 Å². The van der Waals surface area contributed by atoms with Crippen molar-refractivity contribution in [3.05, 3.63) is 58.1 Å². The second kappa shape index (κ2) is 6.38. The summed E-state index contributed by atoms with van der Waals surface area (Å²) in [4.78, 5) is 10.0. The van der Waals surface area contributed by atoms with Crippen molar-refractivity contribution < 1.29 is 14.8 Å². The molecule has 0 radical (unpaired) electrons. The van der Waals surface area contributed by atoms with Crippen molar-refractivity contribution in [1.82, 2.24) is 0 Å². The lowest BCUT2D eigenvalue weighted by Crippen LogP contribution is -1.92. The second-order valence-corrected chi connectivity index (χ2v) is 4.10. The van der Waals surface area contributed by atoms with Crippen LogP contribution >= 0.6 is 0 Å². The second-order valence-electron chi connectivity index (χ2n) is 4.10. The highest BCUT2D eigenvalue weighted by Gasteiger charge is 2.03. The van der Waals surface area contributed by atoms with Gasteiger partial charge in [0.15, 0.2) is 0 Å². The van der Waals surface area contributed by atoms with Crippen LogP contribution in [0, 0.1) is 10.1 Å². The average molecular weight is 287 g/mol. The van der Waals surface area contributed by atoms with Crippen molar-refractivity contribution in [3.63, 3.8) is 0 Å². The van der Waals surface area contributed by atoms with Gasteiger partial charge in [0.2, 0.25) is 0 Å². The van der Waals surface area contributed by atoms with E-state index in [1.165, 1.54) is 31.5 Å². The van der Waals surface area contributed by atoms with Gasteiger partial charge >= 0.3 is 0 Å². The molecule has 2 aromatic carbocycles. The molecular formula is C14H13N3O4. The summed E-state index contributed by atoms with van der Waals surface area (Å²) in [6.45, 7) is 0. The Labute approximate surface area is 120 Å². The Morgan fingerprint density at radius 3 is 2.57 bits per heavy atom. The van der Waals surface area contributed by atoms with Crippen molar-refractivity contribution in [2.24, 2.45) is 5.10 Å². The first-order valence-corrected chi connectivity index (χ1v) is 6.00.